The number of hydrogen-bond acceptors (Lipinski definition) is 3. The number of anilines is 1. The van der Waals surface area contributed by atoms with Crippen molar-refractivity contribution in [2.75, 3.05) is 12.8 Å². The molecule has 0 bridgehead atoms. The molecule has 1 heterocycles. The van der Waals surface area contributed by atoms with Gasteiger partial charge < -0.3 is 10.5 Å². The van der Waals surface area contributed by atoms with E-state index in [4.69, 9.17) is 10.5 Å². The predicted molar refractivity (Wildman–Crippen MR) is 51.7 cm³/mol. The maximum atomic E-state index is 5.74. The Morgan fingerprint density at radius 2 is 2.23 bits per heavy atom. The van der Waals surface area contributed by atoms with Crippen LogP contribution < -0.4 is 10.5 Å². The van der Waals surface area contributed by atoms with E-state index in [9.17, 15) is 0 Å². The summed E-state index contributed by atoms with van der Waals surface area (Å²) in [6, 6.07) is 3.75. The molecule has 0 atom stereocenters. The van der Waals surface area contributed by atoms with Crippen molar-refractivity contribution in [2.45, 2.75) is 0 Å². The standard InChI is InChI=1S/C9H11N3O/c1-12-8-4-3-7(10)9(13-2)6(8)5-11-12/h3-5H,10H2,1-2H3. The van der Waals surface area contributed by atoms with E-state index in [0.717, 1.165) is 10.9 Å². The van der Waals surface area contributed by atoms with Crippen LogP contribution in [0.4, 0.5) is 5.69 Å². The lowest BCUT2D eigenvalue weighted by Gasteiger charge is -2.04. The van der Waals surface area contributed by atoms with Crippen molar-refractivity contribution in [3.63, 3.8) is 0 Å². The fourth-order valence-electron chi connectivity index (χ4n) is 1.45. The molecule has 0 aliphatic rings. The number of ether oxygens (including phenoxy) is 1. The molecular weight excluding hydrogens is 166 g/mol. The van der Waals surface area contributed by atoms with Crippen LogP contribution in [0.15, 0.2) is 18.3 Å². The fourth-order valence-corrected chi connectivity index (χ4v) is 1.45. The Hall–Kier alpha value is -1.71. The molecule has 0 fully saturated rings. The molecule has 2 N–H and O–H groups in total. The van der Waals surface area contributed by atoms with Crippen molar-refractivity contribution in [2.24, 2.45) is 7.05 Å². The first-order valence-electron chi connectivity index (χ1n) is 3.98. The van der Waals surface area contributed by atoms with Gasteiger partial charge in [-0.15, -0.1) is 0 Å². The topological polar surface area (TPSA) is 53.1 Å². The van der Waals surface area contributed by atoms with Gasteiger partial charge in [0, 0.05) is 7.05 Å². The summed E-state index contributed by atoms with van der Waals surface area (Å²) in [7, 11) is 3.50. The molecule has 0 amide bonds. The predicted octanol–water partition coefficient (Wildman–Crippen LogP) is 1.16. The van der Waals surface area contributed by atoms with Crippen molar-refractivity contribution < 1.29 is 4.74 Å². The summed E-state index contributed by atoms with van der Waals surface area (Å²) in [5.74, 6) is 0.700. The summed E-state index contributed by atoms with van der Waals surface area (Å²) in [5.41, 5.74) is 7.41. The van der Waals surface area contributed by atoms with E-state index in [1.165, 1.54) is 0 Å². The molecular formula is C9H11N3O. The lowest BCUT2D eigenvalue weighted by Crippen LogP contribution is -1.93. The zero-order valence-corrected chi connectivity index (χ0v) is 7.61. The van der Waals surface area contributed by atoms with Crippen molar-refractivity contribution in [1.82, 2.24) is 9.78 Å². The molecule has 0 unspecified atom stereocenters. The van der Waals surface area contributed by atoms with Gasteiger partial charge in [0.05, 0.1) is 29.9 Å². The van der Waals surface area contributed by atoms with E-state index in [0.29, 0.717) is 11.4 Å². The molecule has 4 heteroatoms. The molecule has 0 spiro atoms. The first kappa shape index (κ1) is 7.91. The number of nitrogens with two attached hydrogens (primary N) is 1. The molecule has 2 aromatic rings. The first-order chi connectivity index (χ1) is 6.24. The SMILES string of the molecule is COc1c(N)ccc2c1cnn2C. The molecule has 0 aliphatic carbocycles. The van der Waals surface area contributed by atoms with Crippen molar-refractivity contribution in [3.8, 4) is 5.75 Å². The van der Waals surface area contributed by atoms with Crippen LogP contribution in [0, 0.1) is 0 Å². The Morgan fingerprint density at radius 3 is 2.92 bits per heavy atom. The molecule has 13 heavy (non-hydrogen) atoms. The average Bonchev–Trinajstić information content (AvgIpc) is 2.48. The second kappa shape index (κ2) is 2.65. The molecule has 2 rings (SSSR count). The third kappa shape index (κ3) is 1.02. The minimum absolute atomic E-state index is 0.642. The molecule has 0 radical (unpaired) electrons. The molecule has 1 aromatic heterocycles. The number of nitrogen functional groups attached to an aromatic ring is 1. The van der Waals surface area contributed by atoms with E-state index < -0.39 is 0 Å². The zero-order valence-electron chi connectivity index (χ0n) is 7.61. The molecule has 0 aliphatic heterocycles. The number of nitrogens with zero attached hydrogens (tertiary/aromatic N) is 2. The highest BCUT2D eigenvalue weighted by Gasteiger charge is 2.08. The third-order valence-corrected chi connectivity index (χ3v) is 2.12. The van der Waals surface area contributed by atoms with E-state index in [1.807, 2.05) is 19.2 Å². The Bertz CT molecular complexity index is 447. The number of rotatable bonds is 1. The number of benzene rings is 1. The highest BCUT2D eigenvalue weighted by Crippen LogP contribution is 2.30. The van der Waals surface area contributed by atoms with Crippen LogP contribution in [0.5, 0.6) is 5.75 Å². The van der Waals surface area contributed by atoms with E-state index >= 15 is 0 Å². The maximum absolute atomic E-state index is 5.74. The summed E-state index contributed by atoms with van der Waals surface area (Å²) >= 11 is 0. The van der Waals surface area contributed by atoms with Gasteiger partial charge in [0.25, 0.3) is 0 Å². The summed E-state index contributed by atoms with van der Waals surface area (Å²) in [6.45, 7) is 0. The molecule has 0 saturated heterocycles. The molecule has 4 nitrogen and oxygen atoms in total. The maximum Gasteiger partial charge on any atom is 0.152 e. The Morgan fingerprint density at radius 1 is 1.46 bits per heavy atom. The first-order valence-corrected chi connectivity index (χ1v) is 3.98. The van der Waals surface area contributed by atoms with Gasteiger partial charge in [-0.2, -0.15) is 5.10 Å². The zero-order chi connectivity index (χ0) is 9.42. The van der Waals surface area contributed by atoms with Crippen LogP contribution in [-0.4, -0.2) is 16.9 Å². The highest BCUT2D eigenvalue weighted by atomic mass is 16.5. The van der Waals surface area contributed by atoms with Gasteiger partial charge in [0.15, 0.2) is 5.75 Å². The van der Waals surface area contributed by atoms with Gasteiger partial charge in [0.2, 0.25) is 0 Å². The number of aromatic nitrogens is 2. The monoisotopic (exact) mass is 177 g/mol. The van der Waals surface area contributed by atoms with Crippen LogP contribution in [0.25, 0.3) is 10.9 Å². The van der Waals surface area contributed by atoms with Gasteiger partial charge in [-0.1, -0.05) is 0 Å². The van der Waals surface area contributed by atoms with Gasteiger partial charge >= 0.3 is 0 Å². The highest BCUT2D eigenvalue weighted by molar-refractivity contribution is 5.90. The molecule has 1 aromatic carbocycles. The normalized spacial score (nSPS) is 10.6. The fraction of sp³-hybridized carbons (Fsp3) is 0.222. The number of hydrogen-bond donors (Lipinski definition) is 1. The lowest BCUT2D eigenvalue weighted by atomic mass is 10.2. The van der Waals surface area contributed by atoms with Gasteiger partial charge in [0.1, 0.15) is 0 Å². The summed E-state index contributed by atoms with van der Waals surface area (Å²) in [4.78, 5) is 0. The van der Waals surface area contributed by atoms with E-state index in [2.05, 4.69) is 5.10 Å². The quantitative estimate of drug-likeness (QED) is 0.665. The summed E-state index contributed by atoms with van der Waals surface area (Å²) < 4.78 is 6.98. The largest absolute Gasteiger partial charge is 0.494 e. The van der Waals surface area contributed by atoms with Crippen LogP contribution in [0.3, 0.4) is 0 Å². The Labute approximate surface area is 75.9 Å². The molecule has 68 valence electrons. The van der Waals surface area contributed by atoms with Crippen LogP contribution >= 0.6 is 0 Å². The lowest BCUT2D eigenvalue weighted by molar-refractivity contribution is 0.422. The number of fused-ring (bicyclic) bond motifs is 1. The van der Waals surface area contributed by atoms with Gasteiger partial charge in [-0.3, -0.25) is 4.68 Å². The number of aryl methyl sites for hydroxylation is 1. The van der Waals surface area contributed by atoms with Crippen LogP contribution in [0.1, 0.15) is 0 Å². The minimum Gasteiger partial charge on any atom is -0.494 e. The van der Waals surface area contributed by atoms with Crippen molar-refractivity contribution in [3.05, 3.63) is 18.3 Å². The van der Waals surface area contributed by atoms with Gasteiger partial charge in [-0.05, 0) is 12.1 Å². The van der Waals surface area contributed by atoms with E-state index in [1.54, 1.807) is 18.0 Å². The smallest absolute Gasteiger partial charge is 0.152 e. The third-order valence-electron chi connectivity index (χ3n) is 2.12. The number of methoxy groups -OCH3 is 1. The van der Waals surface area contributed by atoms with E-state index in [-0.39, 0.29) is 0 Å². The van der Waals surface area contributed by atoms with Crippen LogP contribution in [0.2, 0.25) is 0 Å². The van der Waals surface area contributed by atoms with Gasteiger partial charge in [-0.25, -0.2) is 0 Å². The average molecular weight is 177 g/mol. The van der Waals surface area contributed by atoms with Crippen LogP contribution in [-0.2, 0) is 7.05 Å². The Kier molecular flexibility index (Phi) is 1.62. The Balaban J connectivity index is 2.85. The second-order valence-corrected chi connectivity index (χ2v) is 2.89. The summed E-state index contributed by atoms with van der Waals surface area (Å²) in [5, 5.41) is 5.08. The van der Waals surface area contributed by atoms with Crippen molar-refractivity contribution >= 4 is 16.6 Å². The van der Waals surface area contributed by atoms with Crippen molar-refractivity contribution in [1.29, 1.82) is 0 Å². The minimum atomic E-state index is 0.642. The summed E-state index contributed by atoms with van der Waals surface area (Å²) in [6.07, 6.45) is 1.75. The molecule has 0 saturated carbocycles. The second-order valence-electron chi connectivity index (χ2n) is 2.89.